The molecule has 1 aliphatic rings. The average Bonchev–Trinajstić information content (AvgIpc) is 2.68. The van der Waals surface area contributed by atoms with E-state index in [2.05, 4.69) is 25.5 Å². The Labute approximate surface area is 147 Å². The third-order valence-electron chi connectivity index (χ3n) is 4.08. The molecule has 1 fully saturated rings. The Hall–Kier alpha value is -2.67. The van der Waals surface area contributed by atoms with Crippen LogP contribution >= 0.6 is 0 Å². The molecular formula is C18H23N5O2. The number of nitrogens with zero attached hydrogens (tertiary/aromatic N) is 3. The third-order valence-corrected chi connectivity index (χ3v) is 4.08. The van der Waals surface area contributed by atoms with Crippen LogP contribution in [0, 0.1) is 0 Å². The zero-order valence-corrected chi connectivity index (χ0v) is 14.3. The molecular weight excluding hydrogens is 318 g/mol. The van der Waals surface area contributed by atoms with Crippen molar-refractivity contribution in [3.05, 3.63) is 54.0 Å². The summed E-state index contributed by atoms with van der Waals surface area (Å²) in [6.45, 7) is 5.52. The lowest BCUT2D eigenvalue weighted by molar-refractivity contribution is 0.122. The van der Waals surface area contributed by atoms with Crippen molar-refractivity contribution in [2.24, 2.45) is 0 Å². The molecule has 2 aromatic rings. The van der Waals surface area contributed by atoms with E-state index in [0.717, 1.165) is 43.4 Å². The molecule has 7 heteroatoms. The summed E-state index contributed by atoms with van der Waals surface area (Å²) in [7, 11) is 0. The standard InChI is InChI=1S/C18H23N5O2/c1-14(16-4-2-3-7-19-16)22-18(24)21-13-15-5-6-17(20-12-15)23-8-10-25-11-9-23/h2-7,12,14H,8-11,13H2,1H3,(H2,21,22,24)/t14-/m1/s1. The molecule has 3 heterocycles. The van der Waals surface area contributed by atoms with Gasteiger partial charge in [-0.2, -0.15) is 0 Å². The predicted molar refractivity (Wildman–Crippen MR) is 95.3 cm³/mol. The second-order valence-electron chi connectivity index (χ2n) is 5.93. The molecule has 132 valence electrons. The molecule has 7 nitrogen and oxygen atoms in total. The number of rotatable bonds is 5. The van der Waals surface area contributed by atoms with Gasteiger partial charge in [0.15, 0.2) is 0 Å². The fourth-order valence-corrected chi connectivity index (χ4v) is 2.64. The summed E-state index contributed by atoms with van der Waals surface area (Å²) in [6, 6.07) is 9.23. The van der Waals surface area contributed by atoms with E-state index in [1.54, 1.807) is 12.4 Å². The highest BCUT2D eigenvalue weighted by atomic mass is 16.5. The number of pyridine rings is 2. The lowest BCUT2D eigenvalue weighted by atomic mass is 10.2. The van der Waals surface area contributed by atoms with E-state index in [0.29, 0.717) is 6.54 Å². The number of aromatic nitrogens is 2. The van der Waals surface area contributed by atoms with Crippen LogP contribution in [0.2, 0.25) is 0 Å². The summed E-state index contributed by atoms with van der Waals surface area (Å²) in [5, 5.41) is 5.72. The fraction of sp³-hybridized carbons (Fsp3) is 0.389. The normalized spacial score (nSPS) is 15.5. The molecule has 1 atom stereocenters. The van der Waals surface area contributed by atoms with Gasteiger partial charge < -0.3 is 20.3 Å². The maximum Gasteiger partial charge on any atom is 0.315 e. The molecule has 2 aromatic heterocycles. The second kappa shape index (κ2) is 8.43. The fourth-order valence-electron chi connectivity index (χ4n) is 2.64. The van der Waals surface area contributed by atoms with Gasteiger partial charge in [-0.05, 0) is 30.7 Å². The number of ether oxygens (including phenoxy) is 1. The zero-order chi connectivity index (χ0) is 17.5. The van der Waals surface area contributed by atoms with Crippen molar-refractivity contribution in [1.82, 2.24) is 20.6 Å². The number of morpholine rings is 1. The Kier molecular flexibility index (Phi) is 5.79. The maximum absolute atomic E-state index is 12.0. The third kappa shape index (κ3) is 4.90. The maximum atomic E-state index is 12.0. The van der Waals surface area contributed by atoms with Crippen LogP contribution in [0.25, 0.3) is 0 Å². The van der Waals surface area contributed by atoms with Gasteiger partial charge in [0.25, 0.3) is 0 Å². The number of hydrogen-bond acceptors (Lipinski definition) is 5. The van der Waals surface area contributed by atoms with E-state index in [4.69, 9.17) is 4.74 Å². The predicted octanol–water partition coefficient (Wildman–Crippen LogP) is 1.87. The Balaban J connectivity index is 1.47. The van der Waals surface area contributed by atoms with E-state index in [1.165, 1.54) is 0 Å². The summed E-state index contributed by atoms with van der Waals surface area (Å²) in [5.74, 6) is 0.945. The Morgan fingerprint density at radius 1 is 1.24 bits per heavy atom. The van der Waals surface area contributed by atoms with E-state index in [1.807, 2.05) is 37.3 Å². The van der Waals surface area contributed by atoms with E-state index in [9.17, 15) is 4.79 Å². The van der Waals surface area contributed by atoms with Crippen molar-refractivity contribution in [3.63, 3.8) is 0 Å². The van der Waals surface area contributed by atoms with Gasteiger partial charge in [-0.25, -0.2) is 9.78 Å². The van der Waals surface area contributed by atoms with Gasteiger partial charge in [-0.15, -0.1) is 0 Å². The zero-order valence-electron chi connectivity index (χ0n) is 14.3. The summed E-state index contributed by atoms with van der Waals surface area (Å²) in [5.41, 5.74) is 1.78. The second-order valence-corrected chi connectivity index (χ2v) is 5.93. The molecule has 1 saturated heterocycles. The van der Waals surface area contributed by atoms with Crippen LogP contribution in [0.3, 0.4) is 0 Å². The number of carbonyl (C=O) groups is 1. The van der Waals surface area contributed by atoms with Crippen LogP contribution in [0.5, 0.6) is 0 Å². The van der Waals surface area contributed by atoms with Crippen molar-refractivity contribution in [3.8, 4) is 0 Å². The molecule has 1 aliphatic heterocycles. The van der Waals surface area contributed by atoms with Crippen LogP contribution in [-0.2, 0) is 11.3 Å². The van der Waals surface area contributed by atoms with Gasteiger partial charge in [0, 0.05) is 32.0 Å². The van der Waals surface area contributed by atoms with Gasteiger partial charge in [0.05, 0.1) is 24.9 Å². The highest BCUT2D eigenvalue weighted by Gasteiger charge is 2.12. The van der Waals surface area contributed by atoms with E-state index >= 15 is 0 Å². The quantitative estimate of drug-likeness (QED) is 0.868. The lowest BCUT2D eigenvalue weighted by Gasteiger charge is -2.27. The summed E-state index contributed by atoms with van der Waals surface area (Å²) < 4.78 is 5.35. The average molecular weight is 341 g/mol. The SMILES string of the molecule is C[C@@H](NC(=O)NCc1ccc(N2CCOCC2)nc1)c1ccccn1. The summed E-state index contributed by atoms with van der Waals surface area (Å²) >= 11 is 0. The number of anilines is 1. The van der Waals surface area contributed by atoms with Gasteiger partial charge in [0.1, 0.15) is 5.82 Å². The summed E-state index contributed by atoms with van der Waals surface area (Å²) in [4.78, 5) is 22.9. The first-order chi connectivity index (χ1) is 12.2. The minimum Gasteiger partial charge on any atom is -0.378 e. The first kappa shape index (κ1) is 17.2. The van der Waals surface area contributed by atoms with Crippen molar-refractivity contribution in [1.29, 1.82) is 0 Å². The molecule has 0 unspecified atom stereocenters. The molecule has 0 aliphatic carbocycles. The van der Waals surface area contributed by atoms with Crippen LogP contribution in [0.1, 0.15) is 24.2 Å². The smallest absolute Gasteiger partial charge is 0.315 e. The van der Waals surface area contributed by atoms with E-state index < -0.39 is 0 Å². The van der Waals surface area contributed by atoms with E-state index in [-0.39, 0.29) is 12.1 Å². The van der Waals surface area contributed by atoms with Gasteiger partial charge in [-0.3, -0.25) is 4.98 Å². The summed E-state index contributed by atoms with van der Waals surface area (Å²) in [6.07, 6.45) is 3.51. The lowest BCUT2D eigenvalue weighted by Crippen LogP contribution is -2.37. The molecule has 0 spiro atoms. The van der Waals surface area contributed by atoms with Crippen LogP contribution in [0.4, 0.5) is 10.6 Å². The van der Waals surface area contributed by atoms with Crippen molar-refractivity contribution >= 4 is 11.8 Å². The topological polar surface area (TPSA) is 79.4 Å². The number of hydrogen-bond donors (Lipinski definition) is 2. The van der Waals surface area contributed by atoms with Gasteiger partial charge in [0.2, 0.25) is 0 Å². The molecule has 2 N–H and O–H groups in total. The van der Waals surface area contributed by atoms with Crippen LogP contribution in [-0.4, -0.2) is 42.3 Å². The molecule has 3 rings (SSSR count). The van der Waals surface area contributed by atoms with Crippen molar-refractivity contribution < 1.29 is 9.53 Å². The monoisotopic (exact) mass is 341 g/mol. The molecule has 0 saturated carbocycles. The molecule has 25 heavy (non-hydrogen) atoms. The number of carbonyl (C=O) groups excluding carboxylic acids is 1. The number of amides is 2. The number of nitrogens with one attached hydrogen (secondary N) is 2. The molecule has 0 radical (unpaired) electrons. The van der Waals surface area contributed by atoms with Gasteiger partial charge in [-0.1, -0.05) is 12.1 Å². The van der Waals surface area contributed by atoms with Crippen molar-refractivity contribution in [2.75, 3.05) is 31.2 Å². The Morgan fingerprint density at radius 3 is 2.76 bits per heavy atom. The Bertz CT molecular complexity index is 672. The largest absolute Gasteiger partial charge is 0.378 e. The minimum absolute atomic E-state index is 0.150. The first-order valence-corrected chi connectivity index (χ1v) is 8.45. The molecule has 0 aromatic carbocycles. The van der Waals surface area contributed by atoms with Crippen LogP contribution in [0.15, 0.2) is 42.7 Å². The Morgan fingerprint density at radius 2 is 2.08 bits per heavy atom. The molecule has 2 amide bonds. The highest BCUT2D eigenvalue weighted by Crippen LogP contribution is 2.13. The number of urea groups is 1. The van der Waals surface area contributed by atoms with Crippen LogP contribution < -0.4 is 15.5 Å². The highest BCUT2D eigenvalue weighted by molar-refractivity contribution is 5.74. The van der Waals surface area contributed by atoms with Crippen molar-refractivity contribution in [2.45, 2.75) is 19.5 Å². The molecule has 0 bridgehead atoms. The van der Waals surface area contributed by atoms with Gasteiger partial charge >= 0.3 is 6.03 Å². The first-order valence-electron chi connectivity index (χ1n) is 8.45. The minimum atomic E-state index is -0.226.